The summed E-state index contributed by atoms with van der Waals surface area (Å²) >= 11 is 0. The fourth-order valence-corrected chi connectivity index (χ4v) is 4.18. The Labute approximate surface area is 129 Å². The lowest BCUT2D eigenvalue weighted by molar-refractivity contribution is -0.126. The van der Waals surface area contributed by atoms with Gasteiger partial charge in [-0.05, 0) is 70.0 Å². The second-order valence-corrected chi connectivity index (χ2v) is 7.78. The van der Waals surface area contributed by atoms with Gasteiger partial charge < -0.3 is 16.0 Å². The summed E-state index contributed by atoms with van der Waals surface area (Å²) in [5.41, 5.74) is 5.73. The first-order valence-electron chi connectivity index (χ1n) is 8.67. The van der Waals surface area contributed by atoms with Crippen molar-refractivity contribution in [2.75, 3.05) is 19.6 Å². The second-order valence-electron chi connectivity index (χ2n) is 7.78. The fraction of sp³-hybridized carbons (Fsp3) is 0.941. The van der Waals surface area contributed by atoms with E-state index in [1.165, 1.54) is 38.8 Å². The van der Waals surface area contributed by atoms with Crippen LogP contribution in [-0.2, 0) is 4.79 Å². The van der Waals surface area contributed by atoms with Gasteiger partial charge in [0.05, 0.1) is 5.54 Å². The van der Waals surface area contributed by atoms with E-state index in [2.05, 4.69) is 31.0 Å². The molecule has 2 atom stereocenters. The van der Waals surface area contributed by atoms with Crippen molar-refractivity contribution in [3.8, 4) is 0 Å². The van der Waals surface area contributed by atoms with Gasteiger partial charge in [-0.3, -0.25) is 4.79 Å². The molecule has 21 heavy (non-hydrogen) atoms. The van der Waals surface area contributed by atoms with Crippen molar-refractivity contribution in [3.63, 3.8) is 0 Å². The van der Waals surface area contributed by atoms with Crippen molar-refractivity contribution in [2.24, 2.45) is 11.1 Å². The summed E-state index contributed by atoms with van der Waals surface area (Å²) in [4.78, 5) is 14.6. The summed E-state index contributed by atoms with van der Waals surface area (Å²) in [5, 5.41) is 3.40. The van der Waals surface area contributed by atoms with E-state index in [1.54, 1.807) is 0 Å². The van der Waals surface area contributed by atoms with Crippen LogP contribution in [0.3, 0.4) is 0 Å². The van der Waals surface area contributed by atoms with E-state index in [-0.39, 0.29) is 5.91 Å². The van der Waals surface area contributed by atoms with Gasteiger partial charge in [-0.1, -0.05) is 20.8 Å². The highest BCUT2D eigenvalue weighted by Crippen LogP contribution is 2.35. The van der Waals surface area contributed by atoms with E-state index in [1.807, 2.05) is 0 Å². The number of nitrogens with zero attached hydrogens (tertiary/aromatic N) is 1. The standard InChI is InChI=1S/C17H33N3O/c1-4-19-17(15(18)21)9-5-7-14(13-17)20-11-6-8-16(2,3)10-12-20/h14,19H,4-13H2,1-3H3,(H2,18,21). The Morgan fingerprint density at radius 2 is 2.00 bits per heavy atom. The first-order valence-corrected chi connectivity index (χ1v) is 8.67. The van der Waals surface area contributed by atoms with Crippen LogP contribution in [-0.4, -0.2) is 42.0 Å². The van der Waals surface area contributed by atoms with Crippen LogP contribution in [0, 0.1) is 5.41 Å². The lowest BCUT2D eigenvalue weighted by Crippen LogP contribution is -2.60. The van der Waals surface area contributed by atoms with Crippen LogP contribution in [0.25, 0.3) is 0 Å². The maximum Gasteiger partial charge on any atom is 0.237 e. The first kappa shape index (κ1) is 16.8. The Bertz CT molecular complexity index is 365. The molecule has 1 aliphatic heterocycles. The molecule has 4 nitrogen and oxygen atoms in total. The molecule has 2 aliphatic rings. The number of carbonyl (C=O) groups excluding carboxylic acids is 1. The molecule has 2 fully saturated rings. The predicted octanol–water partition coefficient (Wildman–Crippen LogP) is 2.27. The molecular formula is C17H33N3O. The molecule has 0 aromatic heterocycles. The Morgan fingerprint density at radius 3 is 2.67 bits per heavy atom. The summed E-state index contributed by atoms with van der Waals surface area (Å²) in [6.45, 7) is 9.96. The van der Waals surface area contributed by atoms with E-state index >= 15 is 0 Å². The predicted molar refractivity (Wildman–Crippen MR) is 87.1 cm³/mol. The molecule has 1 aliphatic carbocycles. The molecule has 2 unspecified atom stereocenters. The zero-order valence-electron chi connectivity index (χ0n) is 14.1. The summed E-state index contributed by atoms with van der Waals surface area (Å²) in [5.74, 6) is -0.163. The Balaban J connectivity index is 2.04. The fourth-order valence-electron chi connectivity index (χ4n) is 4.18. The number of carbonyl (C=O) groups is 1. The summed E-state index contributed by atoms with van der Waals surface area (Å²) in [6.07, 6.45) is 7.93. The number of amides is 1. The molecule has 1 amide bonds. The van der Waals surface area contributed by atoms with E-state index in [0.717, 1.165) is 25.8 Å². The highest BCUT2D eigenvalue weighted by Gasteiger charge is 2.42. The van der Waals surface area contributed by atoms with Crippen molar-refractivity contribution in [2.45, 2.75) is 77.3 Å². The average molecular weight is 295 g/mol. The smallest absolute Gasteiger partial charge is 0.237 e. The van der Waals surface area contributed by atoms with Crippen LogP contribution in [0.1, 0.15) is 65.7 Å². The number of hydrogen-bond acceptors (Lipinski definition) is 3. The number of rotatable bonds is 4. The molecule has 0 bridgehead atoms. The van der Waals surface area contributed by atoms with Crippen LogP contribution >= 0.6 is 0 Å². The molecule has 0 aromatic rings. The third-order valence-corrected chi connectivity index (χ3v) is 5.60. The monoisotopic (exact) mass is 295 g/mol. The summed E-state index contributed by atoms with van der Waals surface area (Å²) in [7, 11) is 0. The Kier molecular flexibility index (Phi) is 5.31. The van der Waals surface area contributed by atoms with Crippen molar-refractivity contribution in [3.05, 3.63) is 0 Å². The van der Waals surface area contributed by atoms with Crippen molar-refractivity contribution >= 4 is 5.91 Å². The molecule has 1 heterocycles. The molecule has 3 N–H and O–H groups in total. The number of hydrogen-bond donors (Lipinski definition) is 2. The Hall–Kier alpha value is -0.610. The van der Waals surface area contributed by atoms with Crippen LogP contribution in [0.2, 0.25) is 0 Å². The molecule has 0 radical (unpaired) electrons. The molecule has 4 heteroatoms. The average Bonchev–Trinajstić information content (AvgIpc) is 2.60. The zero-order valence-corrected chi connectivity index (χ0v) is 14.1. The topological polar surface area (TPSA) is 58.4 Å². The number of primary amides is 1. The SMILES string of the molecule is CCNC1(C(N)=O)CCCC(N2CCCC(C)(C)CC2)C1. The second kappa shape index (κ2) is 6.66. The van der Waals surface area contributed by atoms with Crippen LogP contribution in [0.5, 0.6) is 0 Å². The number of likely N-dealkylation sites (tertiary alicyclic amines) is 1. The maximum atomic E-state index is 12.0. The quantitative estimate of drug-likeness (QED) is 0.836. The van der Waals surface area contributed by atoms with Gasteiger partial charge in [-0.15, -0.1) is 0 Å². The molecule has 122 valence electrons. The van der Waals surface area contributed by atoms with Crippen molar-refractivity contribution < 1.29 is 4.79 Å². The van der Waals surface area contributed by atoms with Crippen LogP contribution in [0.15, 0.2) is 0 Å². The minimum atomic E-state index is -0.473. The van der Waals surface area contributed by atoms with Crippen LogP contribution < -0.4 is 11.1 Å². The van der Waals surface area contributed by atoms with Gasteiger partial charge in [0.1, 0.15) is 0 Å². The zero-order chi connectivity index (χ0) is 15.5. The van der Waals surface area contributed by atoms with Crippen molar-refractivity contribution in [1.82, 2.24) is 10.2 Å². The van der Waals surface area contributed by atoms with E-state index in [4.69, 9.17) is 5.73 Å². The molecular weight excluding hydrogens is 262 g/mol. The van der Waals surface area contributed by atoms with Gasteiger partial charge in [0.2, 0.25) is 5.91 Å². The highest BCUT2D eigenvalue weighted by atomic mass is 16.1. The Morgan fingerprint density at radius 1 is 1.24 bits per heavy atom. The molecule has 1 saturated heterocycles. The summed E-state index contributed by atoms with van der Waals surface area (Å²) < 4.78 is 0. The van der Waals surface area contributed by atoms with Gasteiger partial charge in [-0.25, -0.2) is 0 Å². The van der Waals surface area contributed by atoms with Gasteiger partial charge >= 0.3 is 0 Å². The minimum absolute atomic E-state index is 0.163. The lowest BCUT2D eigenvalue weighted by Gasteiger charge is -2.43. The number of nitrogens with one attached hydrogen (secondary N) is 1. The van der Waals surface area contributed by atoms with E-state index < -0.39 is 5.54 Å². The van der Waals surface area contributed by atoms with Gasteiger partial charge in [0.25, 0.3) is 0 Å². The third kappa shape index (κ3) is 3.98. The molecule has 1 saturated carbocycles. The van der Waals surface area contributed by atoms with Crippen LogP contribution in [0.4, 0.5) is 0 Å². The minimum Gasteiger partial charge on any atom is -0.368 e. The molecule has 0 aromatic carbocycles. The number of likely N-dealkylation sites (N-methyl/N-ethyl adjacent to an activating group) is 1. The molecule has 2 rings (SSSR count). The lowest BCUT2D eigenvalue weighted by atomic mass is 9.77. The largest absolute Gasteiger partial charge is 0.368 e. The van der Waals surface area contributed by atoms with Gasteiger partial charge in [0, 0.05) is 6.04 Å². The van der Waals surface area contributed by atoms with Crippen molar-refractivity contribution in [1.29, 1.82) is 0 Å². The third-order valence-electron chi connectivity index (χ3n) is 5.60. The van der Waals surface area contributed by atoms with Gasteiger partial charge in [0.15, 0.2) is 0 Å². The van der Waals surface area contributed by atoms with Gasteiger partial charge in [-0.2, -0.15) is 0 Å². The first-order chi connectivity index (χ1) is 9.88. The van der Waals surface area contributed by atoms with E-state index in [0.29, 0.717) is 11.5 Å². The highest BCUT2D eigenvalue weighted by molar-refractivity contribution is 5.84. The summed E-state index contributed by atoms with van der Waals surface area (Å²) in [6, 6.07) is 0.513. The number of nitrogens with two attached hydrogens (primary N) is 1. The van der Waals surface area contributed by atoms with E-state index in [9.17, 15) is 4.79 Å². The maximum absolute atomic E-state index is 12.0. The molecule has 0 spiro atoms. The normalized spacial score (nSPS) is 34.3.